The van der Waals surface area contributed by atoms with Crippen molar-refractivity contribution in [3.63, 3.8) is 0 Å². The van der Waals surface area contributed by atoms with Gasteiger partial charge in [0.1, 0.15) is 0 Å². The minimum Gasteiger partial charge on any atom is -0.449 e. The van der Waals surface area contributed by atoms with Crippen molar-refractivity contribution < 1.29 is 22.7 Å². The number of nitrogens with zero attached hydrogens (tertiary/aromatic N) is 1. The van der Waals surface area contributed by atoms with Crippen LogP contribution in [0.15, 0.2) is 35.7 Å². The van der Waals surface area contributed by atoms with Crippen molar-refractivity contribution in [2.45, 2.75) is 17.9 Å². The highest BCUT2D eigenvalue weighted by molar-refractivity contribution is 7.89. The van der Waals surface area contributed by atoms with Crippen molar-refractivity contribution in [3.8, 4) is 0 Å². The molecule has 0 fully saturated rings. The number of ether oxygens (including phenoxy) is 1. The molecule has 7 nitrogen and oxygen atoms in total. The summed E-state index contributed by atoms with van der Waals surface area (Å²) in [6.07, 6.45) is 0.418. The minimum absolute atomic E-state index is 0.0244. The van der Waals surface area contributed by atoms with Crippen LogP contribution in [-0.4, -0.2) is 51.3 Å². The third-order valence-electron chi connectivity index (χ3n) is 3.01. The maximum atomic E-state index is 12.2. The van der Waals surface area contributed by atoms with E-state index in [4.69, 9.17) is 16.3 Å². The zero-order valence-electron chi connectivity index (χ0n) is 13.6. The Balaban J connectivity index is 3.03. The summed E-state index contributed by atoms with van der Waals surface area (Å²) in [5.74, 6) is -1.39. The second kappa shape index (κ2) is 8.27. The number of halogens is 1. The molecular formula is C15H19ClN2O5S. The van der Waals surface area contributed by atoms with Gasteiger partial charge in [-0.3, -0.25) is 4.79 Å². The lowest BCUT2D eigenvalue weighted by Gasteiger charge is -2.15. The highest BCUT2D eigenvalue weighted by Gasteiger charge is 2.24. The number of esters is 1. The Kier molecular flexibility index (Phi) is 6.94. The number of sulfonamides is 1. The molecule has 0 unspecified atom stereocenters. The van der Waals surface area contributed by atoms with E-state index in [1.165, 1.54) is 39.2 Å². The lowest BCUT2D eigenvalue weighted by Crippen LogP contribution is -2.35. The average molecular weight is 375 g/mol. The Hall–Kier alpha value is -1.90. The van der Waals surface area contributed by atoms with Crippen LogP contribution in [0.5, 0.6) is 0 Å². The summed E-state index contributed by atoms with van der Waals surface area (Å²) in [7, 11) is -0.992. The standard InChI is InChI=1S/C15H19ClN2O5S/c1-5-8-17-14(19)10(2)23-15(20)12-9-11(6-7-13(12)16)24(21,22)18(3)4/h5-7,9-10H,1,8H2,2-4H3,(H,17,19)/t10-/m0/s1. The quantitative estimate of drug-likeness (QED) is 0.575. The predicted octanol–water partition coefficient (Wildman–Crippen LogP) is 1.44. The van der Waals surface area contributed by atoms with Gasteiger partial charge >= 0.3 is 5.97 Å². The summed E-state index contributed by atoms with van der Waals surface area (Å²) >= 11 is 5.94. The van der Waals surface area contributed by atoms with Gasteiger partial charge < -0.3 is 10.1 Å². The van der Waals surface area contributed by atoms with Gasteiger partial charge in [-0.1, -0.05) is 17.7 Å². The summed E-state index contributed by atoms with van der Waals surface area (Å²) in [6.45, 7) is 5.09. The monoisotopic (exact) mass is 374 g/mol. The molecule has 0 aliphatic carbocycles. The maximum absolute atomic E-state index is 12.2. The molecular weight excluding hydrogens is 356 g/mol. The molecule has 0 saturated carbocycles. The van der Waals surface area contributed by atoms with Crippen molar-refractivity contribution in [1.29, 1.82) is 0 Å². The molecule has 1 rings (SSSR count). The number of hydrogen-bond donors (Lipinski definition) is 1. The van der Waals surface area contributed by atoms with Crippen molar-refractivity contribution >= 4 is 33.5 Å². The van der Waals surface area contributed by atoms with Crippen molar-refractivity contribution in [2.24, 2.45) is 0 Å². The molecule has 1 aromatic rings. The van der Waals surface area contributed by atoms with Gasteiger partial charge in [0.2, 0.25) is 10.0 Å². The lowest BCUT2D eigenvalue weighted by molar-refractivity contribution is -0.128. The second-order valence-corrected chi connectivity index (χ2v) is 7.57. The SMILES string of the molecule is C=CCNC(=O)[C@H](C)OC(=O)c1cc(S(=O)(=O)N(C)C)ccc1Cl. The van der Waals surface area contributed by atoms with E-state index in [2.05, 4.69) is 11.9 Å². The normalized spacial score (nSPS) is 12.5. The van der Waals surface area contributed by atoms with Crippen LogP contribution in [0.3, 0.4) is 0 Å². The fourth-order valence-electron chi connectivity index (χ4n) is 1.63. The molecule has 0 aliphatic heterocycles. The van der Waals surface area contributed by atoms with Gasteiger partial charge in [-0.15, -0.1) is 6.58 Å². The molecule has 1 N–H and O–H groups in total. The van der Waals surface area contributed by atoms with Crippen LogP contribution < -0.4 is 5.32 Å². The number of amides is 1. The van der Waals surface area contributed by atoms with E-state index in [1.807, 2.05) is 0 Å². The van der Waals surface area contributed by atoms with Crippen LogP contribution in [0.25, 0.3) is 0 Å². The van der Waals surface area contributed by atoms with Gasteiger partial charge in [0.25, 0.3) is 5.91 Å². The van der Waals surface area contributed by atoms with Gasteiger partial charge in [0.15, 0.2) is 6.10 Å². The van der Waals surface area contributed by atoms with Crippen molar-refractivity contribution in [2.75, 3.05) is 20.6 Å². The summed E-state index contributed by atoms with van der Waals surface area (Å²) in [5, 5.41) is 2.51. The number of carbonyl (C=O) groups excluding carboxylic acids is 2. The fourth-order valence-corrected chi connectivity index (χ4v) is 2.75. The van der Waals surface area contributed by atoms with Crippen LogP contribution in [0.4, 0.5) is 0 Å². The molecule has 0 radical (unpaired) electrons. The Morgan fingerprint density at radius 2 is 2.04 bits per heavy atom. The molecule has 0 heterocycles. The van der Waals surface area contributed by atoms with E-state index in [1.54, 1.807) is 0 Å². The highest BCUT2D eigenvalue weighted by atomic mass is 35.5. The molecule has 24 heavy (non-hydrogen) atoms. The summed E-state index contributed by atoms with van der Waals surface area (Å²) in [6, 6.07) is 3.69. The first-order valence-electron chi connectivity index (χ1n) is 6.93. The van der Waals surface area contributed by atoms with Gasteiger partial charge in [-0.05, 0) is 25.1 Å². The van der Waals surface area contributed by atoms with E-state index in [0.29, 0.717) is 0 Å². The predicted molar refractivity (Wildman–Crippen MR) is 90.4 cm³/mol. The van der Waals surface area contributed by atoms with Gasteiger partial charge in [-0.2, -0.15) is 0 Å². The highest BCUT2D eigenvalue weighted by Crippen LogP contribution is 2.23. The zero-order valence-corrected chi connectivity index (χ0v) is 15.1. The van der Waals surface area contributed by atoms with Crippen molar-refractivity contribution in [3.05, 3.63) is 41.4 Å². The molecule has 132 valence electrons. The number of hydrogen-bond acceptors (Lipinski definition) is 5. The molecule has 9 heteroatoms. The first kappa shape index (κ1) is 20.1. The molecule has 0 aromatic heterocycles. The molecule has 0 saturated heterocycles. The van der Waals surface area contributed by atoms with E-state index in [-0.39, 0.29) is 22.0 Å². The van der Waals surface area contributed by atoms with Crippen LogP contribution in [0.2, 0.25) is 5.02 Å². The first-order valence-corrected chi connectivity index (χ1v) is 8.74. The third-order valence-corrected chi connectivity index (χ3v) is 5.15. The fraction of sp³-hybridized carbons (Fsp3) is 0.333. The second-order valence-electron chi connectivity index (χ2n) is 5.01. The Bertz CT molecular complexity index is 746. The van der Waals surface area contributed by atoms with Gasteiger partial charge in [0.05, 0.1) is 15.5 Å². The van der Waals surface area contributed by atoms with Gasteiger partial charge in [0, 0.05) is 20.6 Å². The van der Waals surface area contributed by atoms with E-state index < -0.39 is 28.0 Å². The van der Waals surface area contributed by atoms with E-state index in [0.717, 1.165) is 10.4 Å². The number of benzene rings is 1. The van der Waals surface area contributed by atoms with Gasteiger partial charge in [-0.25, -0.2) is 17.5 Å². The number of carbonyl (C=O) groups is 2. The summed E-state index contributed by atoms with van der Waals surface area (Å²) in [4.78, 5) is 23.8. The van der Waals surface area contributed by atoms with Crippen LogP contribution in [0, 0.1) is 0 Å². The smallest absolute Gasteiger partial charge is 0.340 e. The maximum Gasteiger partial charge on any atom is 0.340 e. The molecule has 1 aromatic carbocycles. The van der Waals surface area contributed by atoms with Crippen LogP contribution in [-0.2, 0) is 19.6 Å². The topological polar surface area (TPSA) is 92.8 Å². The molecule has 1 amide bonds. The number of rotatable bonds is 7. The summed E-state index contributed by atoms with van der Waals surface area (Å²) in [5.41, 5.74) is -0.136. The first-order chi connectivity index (χ1) is 11.1. The molecule has 0 spiro atoms. The zero-order chi connectivity index (χ0) is 18.5. The third kappa shape index (κ3) is 4.80. The lowest BCUT2D eigenvalue weighted by atomic mass is 10.2. The van der Waals surface area contributed by atoms with Crippen LogP contribution >= 0.6 is 11.6 Å². The Labute approximate surface area is 146 Å². The minimum atomic E-state index is -3.73. The van der Waals surface area contributed by atoms with E-state index in [9.17, 15) is 18.0 Å². The van der Waals surface area contributed by atoms with E-state index >= 15 is 0 Å². The Morgan fingerprint density at radius 1 is 1.42 bits per heavy atom. The summed E-state index contributed by atoms with van der Waals surface area (Å²) < 4.78 is 30.3. The van der Waals surface area contributed by atoms with Crippen LogP contribution in [0.1, 0.15) is 17.3 Å². The largest absolute Gasteiger partial charge is 0.449 e. The molecule has 1 atom stereocenters. The molecule has 0 aliphatic rings. The Morgan fingerprint density at radius 3 is 2.58 bits per heavy atom. The average Bonchev–Trinajstić information content (AvgIpc) is 2.52. The molecule has 0 bridgehead atoms. The van der Waals surface area contributed by atoms with Crippen molar-refractivity contribution in [1.82, 2.24) is 9.62 Å². The number of nitrogens with one attached hydrogen (secondary N) is 1.